The molecule has 6 heteroatoms. The van der Waals surface area contributed by atoms with Gasteiger partial charge in [-0.05, 0) is 36.8 Å². The van der Waals surface area contributed by atoms with Crippen molar-refractivity contribution in [1.29, 1.82) is 0 Å². The number of hydrogen-bond acceptors (Lipinski definition) is 4. The van der Waals surface area contributed by atoms with Gasteiger partial charge < -0.3 is 9.84 Å². The number of ether oxygens (including phenoxy) is 1. The fourth-order valence-corrected chi connectivity index (χ4v) is 3.32. The average Bonchev–Trinajstić information content (AvgIpc) is 2.46. The maximum Gasteiger partial charge on any atom is 0.312 e. The molecule has 1 aliphatic heterocycles. The highest BCUT2D eigenvalue weighted by atomic mass is 35.5. The maximum atomic E-state index is 11.9. The first kappa shape index (κ1) is 15.8. The van der Waals surface area contributed by atoms with E-state index >= 15 is 0 Å². The Balaban J connectivity index is 2.23. The summed E-state index contributed by atoms with van der Waals surface area (Å²) >= 11 is 12.2. The summed E-state index contributed by atoms with van der Waals surface area (Å²) in [4.78, 5) is 23.5. The first-order valence-corrected chi connectivity index (χ1v) is 7.66. The van der Waals surface area contributed by atoms with Crippen molar-refractivity contribution in [3.05, 3.63) is 57.1 Å². The van der Waals surface area contributed by atoms with Gasteiger partial charge in [0, 0.05) is 21.5 Å². The van der Waals surface area contributed by atoms with E-state index in [0.717, 1.165) is 0 Å². The highest BCUT2D eigenvalue weighted by Gasteiger charge is 2.33. The number of benzene rings is 2. The number of hydrogen-bond donors (Lipinski definition) is 1. The van der Waals surface area contributed by atoms with Crippen molar-refractivity contribution in [1.82, 2.24) is 0 Å². The Morgan fingerprint density at radius 2 is 2.00 bits per heavy atom. The number of halogens is 2. The van der Waals surface area contributed by atoms with E-state index in [-0.39, 0.29) is 29.3 Å². The molecule has 0 fully saturated rings. The van der Waals surface area contributed by atoms with Crippen LogP contribution in [0.5, 0.6) is 11.5 Å². The van der Waals surface area contributed by atoms with Crippen molar-refractivity contribution < 1.29 is 19.4 Å². The molecule has 2 aromatic carbocycles. The van der Waals surface area contributed by atoms with Gasteiger partial charge in [0.15, 0.2) is 5.78 Å². The number of phenols is 1. The lowest BCUT2D eigenvalue weighted by molar-refractivity contribution is -0.135. The predicted octanol–water partition coefficient (Wildman–Crippen LogP) is 4.34. The van der Waals surface area contributed by atoms with Gasteiger partial charge in [0.25, 0.3) is 0 Å². The van der Waals surface area contributed by atoms with E-state index in [0.29, 0.717) is 21.2 Å². The molecule has 1 atom stereocenters. The van der Waals surface area contributed by atoms with Crippen molar-refractivity contribution in [2.45, 2.75) is 19.3 Å². The number of fused-ring (bicyclic) bond motifs is 1. The Labute approximate surface area is 142 Å². The number of Topliss-reactive ketones (excluding diaryl/α,β-unsaturated/α-hetero) is 1. The standard InChI is InChI=1S/C17H12Cl2O4/c1-8(20)10-4-5-14-16(17(10)22)12(7-15(21)23-14)11-3-2-9(18)6-13(11)19/h2-6,12,22H,7H2,1H3. The van der Waals surface area contributed by atoms with Crippen LogP contribution in [0.4, 0.5) is 0 Å². The zero-order valence-corrected chi connectivity index (χ0v) is 13.6. The van der Waals surface area contributed by atoms with Crippen molar-refractivity contribution in [3.8, 4) is 11.5 Å². The van der Waals surface area contributed by atoms with E-state index in [4.69, 9.17) is 27.9 Å². The molecule has 3 rings (SSSR count). The van der Waals surface area contributed by atoms with E-state index in [1.807, 2.05) is 0 Å². The molecule has 1 N–H and O–H groups in total. The monoisotopic (exact) mass is 350 g/mol. The smallest absolute Gasteiger partial charge is 0.312 e. The number of esters is 1. The first-order valence-electron chi connectivity index (χ1n) is 6.91. The van der Waals surface area contributed by atoms with E-state index < -0.39 is 11.9 Å². The Morgan fingerprint density at radius 1 is 1.26 bits per heavy atom. The van der Waals surface area contributed by atoms with Gasteiger partial charge in [-0.3, -0.25) is 9.59 Å². The normalized spacial score (nSPS) is 16.7. The van der Waals surface area contributed by atoms with Crippen LogP contribution in [0.2, 0.25) is 10.0 Å². The fourth-order valence-electron chi connectivity index (χ4n) is 2.78. The summed E-state index contributed by atoms with van der Waals surface area (Å²) < 4.78 is 5.18. The van der Waals surface area contributed by atoms with Crippen molar-refractivity contribution >= 4 is 35.0 Å². The van der Waals surface area contributed by atoms with Crippen LogP contribution in [0, 0.1) is 0 Å². The summed E-state index contributed by atoms with van der Waals surface area (Å²) in [6.45, 7) is 1.36. The number of carbonyl (C=O) groups is 2. The molecule has 2 aromatic rings. The summed E-state index contributed by atoms with van der Waals surface area (Å²) in [6, 6.07) is 7.89. The van der Waals surface area contributed by atoms with Crippen molar-refractivity contribution in [3.63, 3.8) is 0 Å². The quantitative estimate of drug-likeness (QED) is 0.497. The predicted molar refractivity (Wildman–Crippen MR) is 86.7 cm³/mol. The lowest BCUT2D eigenvalue weighted by atomic mass is 9.84. The van der Waals surface area contributed by atoms with E-state index in [1.165, 1.54) is 19.1 Å². The Kier molecular flexibility index (Phi) is 4.04. The minimum atomic E-state index is -0.504. The number of phenolic OH excluding ortho intramolecular Hbond substituents is 1. The molecular weight excluding hydrogens is 339 g/mol. The van der Waals surface area contributed by atoms with Gasteiger partial charge in [-0.15, -0.1) is 0 Å². The highest BCUT2D eigenvalue weighted by Crippen LogP contribution is 2.47. The van der Waals surface area contributed by atoms with Crippen LogP contribution in [-0.2, 0) is 4.79 Å². The molecule has 0 radical (unpaired) electrons. The Morgan fingerprint density at radius 3 is 2.65 bits per heavy atom. The molecule has 0 aliphatic carbocycles. The van der Waals surface area contributed by atoms with E-state index in [2.05, 4.69) is 0 Å². The molecule has 23 heavy (non-hydrogen) atoms. The molecule has 1 unspecified atom stereocenters. The summed E-state index contributed by atoms with van der Waals surface area (Å²) in [5.41, 5.74) is 1.21. The lowest BCUT2D eigenvalue weighted by Gasteiger charge is -2.27. The van der Waals surface area contributed by atoms with Crippen molar-refractivity contribution in [2.24, 2.45) is 0 Å². The highest BCUT2D eigenvalue weighted by molar-refractivity contribution is 6.35. The summed E-state index contributed by atoms with van der Waals surface area (Å²) in [5, 5.41) is 11.3. The third kappa shape index (κ3) is 2.80. The van der Waals surface area contributed by atoms with Gasteiger partial charge in [0.2, 0.25) is 0 Å². The Hall–Kier alpha value is -2.04. The molecule has 0 aromatic heterocycles. The van der Waals surface area contributed by atoms with Crippen LogP contribution in [0.3, 0.4) is 0 Å². The van der Waals surface area contributed by atoms with Gasteiger partial charge in [-0.1, -0.05) is 29.3 Å². The second-order valence-electron chi connectivity index (χ2n) is 5.33. The number of carbonyl (C=O) groups excluding carboxylic acids is 2. The minimum Gasteiger partial charge on any atom is -0.507 e. The van der Waals surface area contributed by atoms with Gasteiger partial charge in [0.05, 0.1) is 12.0 Å². The van der Waals surface area contributed by atoms with Gasteiger partial charge in [0.1, 0.15) is 11.5 Å². The second kappa shape index (κ2) is 5.87. The Bertz CT molecular complexity index is 830. The van der Waals surface area contributed by atoms with E-state index in [9.17, 15) is 14.7 Å². The molecule has 1 heterocycles. The van der Waals surface area contributed by atoms with Gasteiger partial charge in [-0.25, -0.2) is 0 Å². The molecule has 118 valence electrons. The van der Waals surface area contributed by atoms with Gasteiger partial charge >= 0.3 is 5.97 Å². The average molecular weight is 351 g/mol. The summed E-state index contributed by atoms with van der Waals surface area (Å²) in [5.74, 6) is -1.15. The fraction of sp³-hybridized carbons (Fsp3) is 0.176. The number of rotatable bonds is 2. The topological polar surface area (TPSA) is 63.6 Å². The zero-order chi connectivity index (χ0) is 16.7. The molecule has 0 spiro atoms. The van der Waals surface area contributed by atoms with Gasteiger partial charge in [-0.2, -0.15) is 0 Å². The van der Waals surface area contributed by atoms with Crippen LogP contribution >= 0.6 is 23.2 Å². The van der Waals surface area contributed by atoms with Crippen LogP contribution in [0.1, 0.15) is 40.7 Å². The van der Waals surface area contributed by atoms with E-state index in [1.54, 1.807) is 18.2 Å². The summed E-state index contributed by atoms with van der Waals surface area (Å²) in [6.07, 6.45) is 0.0171. The third-order valence-corrected chi connectivity index (χ3v) is 4.40. The zero-order valence-electron chi connectivity index (χ0n) is 12.1. The molecule has 0 saturated carbocycles. The molecular formula is C17H12Cl2O4. The second-order valence-corrected chi connectivity index (χ2v) is 6.17. The molecule has 0 bridgehead atoms. The third-order valence-electron chi connectivity index (χ3n) is 3.84. The lowest BCUT2D eigenvalue weighted by Crippen LogP contribution is -2.22. The number of aromatic hydroxyl groups is 1. The first-order chi connectivity index (χ1) is 10.9. The molecule has 0 saturated heterocycles. The van der Waals surface area contributed by atoms with Crippen LogP contribution < -0.4 is 4.74 Å². The van der Waals surface area contributed by atoms with Crippen LogP contribution in [0.15, 0.2) is 30.3 Å². The minimum absolute atomic E-state index is 0.0171. The molecule has 1 aliphatic rings. The number of ketones is 1. The van der Waals surface area contributed by atoms with Crippen LogP contribution in [0.25, 0.3) is 0 Å². The SMILES string of the molecule is CC(=O)c1ccc2c(c1O)C(c1ccc(Cl)cc1Cl)CC(=O)O2. The van der Waals surface area contributed by atoms with Crippen LogP contribution in [-0.4, -0.2) is 16.9 Å². The maximum absolute atomic E-state index is 11.9. The van der Waals surface area contributed by atoms with Crippen molar-refractivity contribution in [2.75, 3.05) is 0 Å². The largest absolute Gasteiger partial charge is 0.507 e. The molecule has 4 nitrogen and oxygen atoms in total. The molecule has 0 amide bonds. The summed E-state index contributed by atoms with van der Waals surface area (Å²) in [7, 11) is 0.